The molecule has 17 heavy (non-hydrogen) atoms. The van der Waals surface area contributed by atoms with Gasteiger partial charge in [0.25, 0.3) is 0 Å². The molecule has 2 aromatic rings. The Labute approximate surface area is 109 Å². The summed E-state index contributed by atoms with van der Waals surface area (Å²) in [7, 11) is -2.62. The van der Waals surface area contributed by atoms with Gasteiger partial charge in [0.1, 0.15) is 0 Å². The van der Waals surface area contributed by atoms with Crippen molar-refractivity contribution in [3.05, 3.63) is 47.5 Å². The van der Waals surface area contributed by atoms with E-state index in [9.17, 15) is 0 Å². The third-order valence-electron chi connectivity index (χ3n) is 2.47. The molecule has 0 aliphatic heterocycles. The van der Waals surface area contributed by atoms with Crippen LogP contribution in [0.5, 0.6) is 0 Å². The van der Waals surface area contributed by atoms with E-state index < -0.39 is 10.9 Å². The van der Waals surface area contributed by atoms with Crippen molar-refractivity contribution in [1.82, 2.24) is 0 Å². The SMILES string of the molecule is Cc1ccc2ccccc2c1C.Cl.N[SH](=O)=O. The quantitative estimate of drug-likeness (QED) is 0.724. The van der Waals surface area contributed by atoms with Gasteiger partial charge in [-0.2, -0.15) is 0 Å². The molecule has 94 valence electrons. The minimum atomic E-state index is -2.62. The van der Waals surface area contributed by atoms with Gasteiger partial charge in [-0.05, 0) is 35.7 Å². The fraction of sp³-hybridized carbons (Fsp3) is 0.167. The number of hydrogen-bond acceptors (Lipinski definition) is 2. The smallest absolute Gasteiger partial charge is 0.198 e. The molecule has 3 nitrogen and oxygen atoms in total. The monoisotopic (exact) mass is 273 g/mol. The lowest BCUT2D eigenvalue weighted by Crippen LogP contribution is -1.85. The molecule has 0 aromatic heterocycles. The summed E-state index contributed by atoms with van der Waals surface area (Å²) in [5.74, 6) is 0. The summed E-state index contributed by atoms with van der Waals surface area (Å²) in [6, 6.07) is 12.9. The van der Waals surface area contributed by atoms with Crippen molar-refractivity contribution in [2.24, 2.45) is 5.14 Å². The summed E-state index contributed by atoms with van der Waals surface area (Å²) in [6.45, 7) is 4.33. The molecule has 0 fully saturated rings. The van der Waals surface area contributed by atoms with Gasteiger partial charge in [-0.3, -0.25) is 0 Å². The van der Waals surface area contributed by atoms with Gasteiger partial charge in [0.2, 0.25) is 0 Å². The molecule has 0 saturated carbocycles. The Morgan fingerprint density at radius 2 is 1.53 bits per heavy atom. The molecule has 0 saturated heterocycles. The van der Waals surface area contributed by atoms with Gasteiger partial charge in [-0.1, -0.05) is 36.4 Å². The highest BCUT2D eigenvalue weighted by Crippen LogP contribution is 2.20. The van der Waals surface area contributed by atoms with Crippen LogP contribution in [0.3, 0.4) is 0 Å². The molecule has 0 aliphatic rings. The van der Waals surface area contributed by atoms with Crippen LogP contribution < -0.4 is 5.14 Å². The third kappa shape index (κ3) is 4.73. The Bertz CT molecular complexity index is 559. The van der Waals surface area contributed by atoms with E-state index in [1.807, 2.05) is 0 Å². The number of rotatable bonds is 0. The summed E-state index contributed by atoms with van der Waals surface area (Å²) in [5.41, 5.74) is 2.77. The average molecular weight is 274 g/mol. The van der Waals surface area contributed by atoms with Crippen LogP contribution in [0, 0.1) is 13.8 Å². The summed E-state index contributed by atoms with van der Waals surface area (Å²) >= 11 is 0. The van der Waals surface area contributed by atoms with Gasteiger partial charge in [0, 0.05) is 0 Å². The Morgan fingerprint density at radius 3 is 2.12 bits per heavy atom. The number of nitrogens with two attached hydrogens (primary N) is 1. The number of hydrogen-bond donors (Lipinski definition) is 2. The Balaban J connectivity index is 0.000000453. The molecule has 0 atom stereocenters. The van der Waals surface area contributed by atoms with E-state index >= 15 is 0 Å². The number of fused-ring (bicyclic) bond motifs is 1. The molecule has 0 bridgehead atoms. The van der Waals surface area contributed by atoms with E-state index in [-0.39, 0.29) is 12.4 Å². The summed E-state index contributed by atoms with van der Waals surface area (Å²) < 4.78 is 17.6. The van der Waals surface area contributed by atoms with Gasteiger partial charge in [0.05, 0.1) is 0 Å². The second kappa shape index (κ2) is 7.27. The molecule has 0 unspecified atom stereocenters. The highest BCUT2D eigenvalue weighted by atomic mass is 35.5. The molecule has 2 rings (SSSR count). The maximum atomic E-state index is 8.81. The van der Waals surface area contributed by atoms with Crippen LogP contribution in [0.25, 0.3) is 10.8 Å². The molecule has 2 N–H and O–H groups in total. The van der Waals surface area contributed by atoms with Crippen molar-refractivity contribution in [1.29, 1.82) is 0 Å². The first kappa shape index (κ1) is 15.9. The molecule has 0 spiro atoms. The second-order valence-corrected chi connectivity index (χ2v) is 4.08. The van der Waals surface area contributed by atoms with Gasteiger partial charge in [0.15, 0.2) is 10.9 Å². The van der Waals surface area contributed by atoms with E-state index in [2.05, 4.69) is 55.4 Å². The second-order valence-electron chi connectivity index (χ2n) is 3.51. The molecule has 2 aromatic carbocycles. The van der Waals surface area contributed by atoms with Crippen molar-refractivity contribution in [2.75, 3.05) is 0 Å². The minimum absolute atomic E-state index is 0. The number of aryl methyl sites for hydroxylation is 2. The minimum Gasteiger partial charge on any atom is -0.231 e. The molecule has 0 amide bonds. The van der Waals surface area contributed by atoms with Crippen molar-refractivity contribution < 1.29 is 8.42 Å². The largest absolute Gasteiger partial charge is 0.231 e. The third-order valence-corrected chi connectivity index (χ3v) is 2.47. The van der Waals surface area contributed by atoms with E-state index in [0.29, 0.717) is 0 Å². The summed E-state index contributed by atoms with van der Waals surface area (Å²) in [5, 5.41) is 6.77. The zero-order valence-electron chi connectivity index (χ0n) is 9.71. The molecule has 0 radical (unpaired) electrons. The lowest BCUT2D eigenvalue weighted by Gasteiger charge is -2.04. The van der Waals surface area contributed by atoms with Crippen LogP contribution in [0.4, 0.5) is 0 Å². The number of benzene rings is 2. The van der Waals surface area contributed by atoms with Gasteiger partial charge in [-0.25, -0.2) is 13.6 Å². The van der Waals surface area contributed by atoms with E-state index in [4.69, 9.17) is 8.42 Å². The summed E-state index contributed by atoms with van der Waals surface area (Å²) in [6.07, 6.45) is 0. The normalized spacial score (nSPS) is 9.41. The Morgan fingerprint density at radius 1 is 1.00 bits per heavy atom. The van der Waals surface area contributed by atoms with Crippen molar-refractivity contribution in [2.45, 2.75) is 13.8 Å². The molecular formula is C12H16ClNO2S. The highest BCUT2D eigenvalue weighted by molar-refractivity contribution is 7.69. The standard InChI is InChI=1S/C12H12.ClH.H3NO2S/c1-9-7-8-11-5-3-4-6-12(11)10(9)2;;1-4(2)3/h3-8H,1-2H3;1H;4H,(H2,1,2,3). The van der Waals surface area contributed by atoms with Crippen LogP contribution in [0.15, 0.2) is 36.4 Å². The Kier molecular flexibility index (Phi) is 6.80. The number of thiol groups is 1. The van der Waals surface area contributed by atoms with Crippen LogP contribution >= 0.6 is 12.4 Å². The first-order valence-electron chi connectivity index (χ1n) is 4.86. The van der Waals surface area contributed by atoms with Crippen LogP contribution in [0.2, 0.25) is 0 Å². The zero-order valence-corrected chi connectivity index (χ0v) is 11.4. The van der Waals surface area contributed by atoms with Gasteiger partial charge < -0.3 is 0 Å². The summed E-state index contributed by atoms with van der Waals surface area (Å²) in [4.78, 5) is 0. The maximum absolute atomic E-state index is 8.81. The predicted octanol–water partition coefficient (Wildman–Crippen LogP) is 2.35. The molecule has 5 heteroatoms. The molecule has 0 aliphatic carbocycles. The first-order valence-corrected chi connectivity index (χ1v) is 6.11. The molecular weight excluding hydrogens is 258 g/mol. The van der Waals surface area contributed by atoms with Crippen molar-refractivity contribution >= 4 is 34.1 Å². The average Bonchev–Trinajstić information content (AvgIpc) is 2.23. The van der Waals surface area contributed by atoms with E-state index in [1.54, 1.807) is 0 Å². The van der Waals surface area contributed by atoms with Crippen LogP contribution in [-0.2, 0) is 10.9 Å². The van der Waals surface area contributed by atoms with Gasteiger partial charge >= 0.3 is 0 Å². The van der Waals surface area contributed by atoms with Crippen LogP contribution in [-0.4, -0.2) is 8.42 Å². The van der Waals surface area contributed by atoms with E-state index in [1.165, 1.54) is 21.9 Å². The lowest BCUT2D eigenvalue weighted by molar-refractivity contribution is 0.616. The Hall–Kier alpha value is -1.10. The first-order chi connectivity index (χ1) is 7.52. The van der Waals surface area contributed by atoms with E-state index in [0.717, 1.165) is 0 Å². The fourth-order valence-electron chi connectivity index (χ4n) is 1.54. The lowest BCUT2D eigenvalue weighted by atomic mass is 10.0. The van der Waals surface area contributed by atoms with Crippen molar-refractivity contribution in [3.63, 3.8) is 0 Å². The highest BCUT2D eigenvalue weighted by Gasteiger charge is 1.97. The van der Waals surface area contributed by atoms with Crippen molar-refractivity contribution in [3.8, 4) is 0 Å². The maximum Gasteiger partial charge on any atom is 0.198 e. The molecule has 0 heterocycles. The van der Waals surface area contributed by atoms with Gasteiger partial charge in [-0.15, -0.1) is 12.4 Å². The fourth-order valence-corrected chi connectivity index (χ4v) is 1.54. The zero-order chi connectivity index (χ0) is 12.1. The predicted molar refractivity (Wildman–Crippen MR) is 75.2 cm³/mol. The number of halogens is 1. The van der Waals surface area contributed by atoms with Crippen LogP contribution in [0.1, 0.15) is 11.1 Å². The topological polar surface area (TPSA) is 60.2 Å².